The Morgan fingerprint density at radius 2 is 1.71 bits per heavy atom. The van der Waals surface area contributed by atoms with Gasteiger partial charge in [0.1, 0.15) is 5.82 Å². The van der Waals surface area contributed by atoms with Gasteiger partial charge in [-0.2, -0.15) is 13.2 Å². The van der Waals surface area contributed by atoms with Crippen LogP contribution in [0.3, 0.4) is 0 Å². The van der Waals surface area contributed by atoms with E-state index in [1.807, 2.05) is 0 Å². The van der Waals surface area contributed by atoms with E-state index in [0.29, 0.717) is 16.7 Å². The van der Waals surface area contributed by atoms with Gasteiger partial charge in [-0.05, 0) is 17.7 Å². The highest BCUT2D eigenvalue weighted by molar-refractivity contribution is 6.31. The summed E-state index contributed by atoms with van der Waals surface area (Å²) in [6, 6.07) is 9.41. The maximum atomic E-state index is 13.9. The monoisotopic (exact) mass is 318 g/mol. The molecule has 0 aromatic heterocycles. The minimum absolute atomic E-state index is 0.0715. The number of hydrogen-bond donors (Lipinski definition) is 1. The van der Waals surface area contributed by atoms with Crippen molar-refractivity contribution >= 4 is 11.6 Å². The zero-order valence-corrected chi connectivity index (χ0v) is 11.4. The second-order valence-electron chi connectivity index (χ2n) is 4.52. The second kappa shape index (κ2) is 6.03. The predicted molar refractivity (Wildman–Crippen MR) is 71.5 cm³/mol. The lowest BCUT2D eigenvalue weighted by atomic mass is 9.99. The lowest BCUT2D eigenvalue weighted by molar-refractivity contribution is -0.140. The van der Waals surface area contributed by atoms with Crippen molar-refractivity contribution in [1.82, 2.24) is 0 Å². The summed E-state index contributed by atoms with van der Waals surface area (Å²) in [5, 5.41) is 10.4. The van der Waals surface area contributed by atoms with Crippen molar-refractivity contribution in [2.24, 2.45) is 0 Å². The van der Waals surface area contributed by atoms with Gasteiger partial charge in [-0.15, -0.1) is 0 Å². The molecular weight excluding hydrogens is 308 g/mol. The molecule has 0 spiro atoms. The Morgan fingerprint density at radius 1 is 1.05 bits per heavy atom. The normalized spacial score (nSPS) is 13.2. The lowest BCUT2D eigenvalue weighted by Gasteiger charge is -2.16. The maximum Gasteiger partial charge on any atom is 0.419 e. The molecule has 21 heavy (non-hydrogen) atoms. The van der Waals surface area contributed by atoms with E-state index < -0.39 is 29.2 Å². The van der Waals surface area contributed by atoms with Crippen molar-refractivity contribution in [3.63, 3.8) is 0 Å². The van der Waals surface area contributed by atoms with Gasteiger partial charge in [-0.3, -0.25) is 0 Å². The van der Waals surface area contributed by atoms with Crippen molar-refractivity contribution < 1.29 is 22.7 Å². The van der Waals surface area contributed by atoms with Crippen LogP contribution in [0.5, 0.6) is 0 Å². The van der Waals surface area contributed by atoms with Crippen molar-refractivity contribution in [3.8, 4) is 0 Å². The molecule has 2 rings (SSSR count). The predicted octanol–water partition coefficient (Wildman–Crippen LogP) is 4.77. The zero-order valence-electron chi connectivity index (χ0n) is 10.7. The van der Waals surface area contributed by atoms with E-state index in [2.05, 4.69) is 0 Å². The number of benzene rings is 2. The van der Waals surface area contributed by atoms with E-state index in [0.717, 1.165) is 12.1 Å². The number of halogens is 5. The van der Waals surface area contributed by atoms with Crippen LogP contribution in [0.4, 0.5) is 17.6 Å². The molecule has 0 aliphatic rings. The third-order valence-corrected chi connectivity index (χ3v) is 3.43. The summed E-state index contributed by atoms with van der Waals surface area (Å²) in [6.07, 6.45) is -6.28. The van der Waals surface area contributed by atoms with E-state index in [-0.39, 0.29) is 6.42 Å². The summed E-state index contributed by atoms with van der Waals surface area (Å²) in [5.41, 5.74) is -1.26. The molecule has 0 saturated carbocycles. The van der Waals surface area contributed by atoms with Crippen LogP contribution in [0.1, 0.15) is 22.8 Å². The molecule has 1 nitrogen and oxygen atoms in total. The van der Waals surface area contributed by atoms with Crippen LogP contribution in [0.25, 0.3) is 0 Å². The fourth-order valence-electron chi connectivity index (χ4n) is 2.01. The molecule has 0 fully saturated rings. The molecule has 0 bridgehead atoms. The Labute approximate surface area is 123 Å². The maximum absolute atomic E-state index is 13.9. The van der Waals surface area contributed by atoms with Gasteiger partial charge in [0.15, 0.2) is 0 Å². The topological polar surface area (TPSA) is 20.2 Å². The van der Waals surface area contributed by atoms with Gasteiger partial charge in [0, 0.05) is 17.0 Å². The van der Waals surface area contributed by atoms with E-state index >= 15 is 0 Å². The van der Waals surface area contributed by atoms with Crippen LogP contribution in [-0.2, 0) is 12.6 Å². The largest absolute Gasteiger partial charge is 0.419 e. The summed E-state index contributed by atoms with van der Waals surface area (Å²) in [5.74, 6) is -1.45. The molecule has 1 N–H and O–H groups in total. The number of alkyl halides is 3. The molecule has 0 aliphatic carbocycles. The number of hydrogen-bond acceptors (Lipinski definition) is 1. The molecule has 0 heterocycles. The third kappa shape index (κ3) is 3.54. The summed E-state index contributed by atoms with van der Waals surface area (Å²) in [6.45, 7) is 0. The van der Waals surface area contributed by atoms with Gasteiger partial charge in [0.25, 0.3) is 0 Å². The molecule has 0 aliphatic heterocycles. The first-order valence-corrected chi connectivity index (χ1v) is 6.45. The smallest absolute Gasteiger partial charge is 0.388 e. The Kier molecular flexibility index (Phi) is 4.54. The Bertz CT molecular complexity index is 640. The molecule has 1 unspecified atom stereocenters. The number of aliphatic hydroxyl groups is 1. The average Bonchev–Trinajstić information content (AvgIpc) is 2.40. The van der Waals surface area contributed by atoms with Gasteiger partial charge >= 0.3 is 6.18 Å². The van der Waals surface area contributed by atoms with Crippen LogP contribution >= 0.6 is 11.6 Å². The van der Waals surface area contributed by atoms with Crippen LogP contribution in [0, 0.1) is 5.82 Å². The number of rotatable bonds is 3. The summed E-state index contributed by atoms with van der Waals surface area (Å²) in [7, 11) is 0. The molecule has 2 aromatic carbocycles. The fourth-order valence-corrected chi connectivity index (χ4v) is 2.22. The van der Waals surface area contributed by atoms with E-state index in [1.54, 1.807) is 24.3 Å². The Morgan fingerprint density at radius 3 is 2.33 bits per heavy atom. The van der Waals surface area contributed by atoms with Crippen LogP contribution in [-0.4, -0.2) is 5.11 Å². The standard InChI is InChI=1S/C15H11ClF4O/c16-12-7-2-1-4-9(12)8-13(21)10-5-3-6-11(14(10)17)15(18,19)20/h1-7,13,21H,8H2. The highest BCUT2D eigenvalue weighted by atomic mass is 35.5. The van der Waals surface area contributed by atoms with E-state index in [4.69, 9.17) is 11.6 Å². The van der Waals surface area contributed by atoms with Crippen molar-refractivity contribution in [3.05, 3.63) is 70.0 Å². The average molecular weight is 319 g/mol. The molecular formula is C15H11ClF4O. The van der Waals surface area contributed by atoms with Gasteiger partial charge in [-0.1, -0.05) is 41.9 Å². The van der Waals surface area contributed by atoms with Crippen LogP contribution < -0.4 is 0 Å². The molecule has 6 heteroatoms. The minimum atomic E-state index is -4.80. The van der Waals surface area contributed by atoms with Crippen molar-refractivity contribution in [2.75, 3.05) is 0 Å². The SMILES string of the molecule is OC(Cc1ccccc1Cl)c1cccc(C(F)(F)F)c1F. The van der Waals surface area contributed by atoms with Crippen LogP contribution in [0.15, 0.2) is 42.5 Å². The minimum Gasteiger partial charge on any atom is -0.388 e. The van der Waals surface area contributed by atoms with Crippen molar-refractivity contribution in [2.45, 2.75) is 18.7 Å². The molecule has 112 valence electrons. The Balaban J connectivity index is 2.32. The first kappa shape index (κ1) is 15.8. The fraction of sp³-hybridized carbons (Fsp3) is 0.200. The van der Waals surface area contributed by atoms with Gasteiger partial charge < -0.3 is 5.11 Å². The van der Waals surface area contributed by atoms with Gasteiger partial charge in [0.2, 0.25) is 0 Å². The molecule has 2 aromatic rings. The lowest BCUT2D eigenvalue weighted by Crippen LogP contribution is -2.12. The quantitative estimate of drug-likeness (QED) is 0.808. The van der Waals surface area contributed by atoms with E-state index in [1.165, 1.54) is 0 Å². The first-order valence-electron chi connectivity index (χ1n) is 6.07. The van der Waals surface area contributed by atoms with E-state index in [9.17, 15) is 22.7 Å². The molecule has 0 radical (unpaired) electrons. The summed E-state index contributed by atoms with van der Waals surface area (Å²) < 4.78 is 51.8. The molecule has 0 amide bonds. The third-order valence-electron chi connectivity index (χ3n) is 3.06. The summed E-state index contributed by atoms with van der Waals surface area (Å²) in [4.78, 5) is 0. The second-order valence-corrected chi connectivity index (χ2v) is 4.93. The van der Waals surface area contributed by atoms with Crippen LogP contribution in [0.2, 0.25) is 5.02 Å². The Hall–Kier alpha value is -1.59. The van der Waals surface area contributed by atoms with Crippen molar-refractivity contribution in [1.29, 1.82) is 0 Å². The first-order chi connectivity index (χ1) is 9.80. The number of aliphatic hydroxyl groups excluding tert-OH is 1. The highest BCUT2D eigenvalue weighted by Crippen LogP contribution is 2.34. The molecule has 0 saturated heterocycles. The highest BCUT2D eigenvalue weighted by Gasteiger charge is 2.35. The van der Waals surface area contributed by atoms with Gasteiger partial charge in [0.05, 0.1) is 11.7 Å². The zero-order chi connectivity index (χ0) is 15.6. The van der Waals surface area contributed by atoms with Gasteiger partial charge in [-0.25, -0.2) is 4.39 Å². The molecule has 1 atom stereocenters. The summed E-state index contributed by atoms with van der Waals surface area (Å²) >= 11 is 5.91.